The van der Waals surface area contributed by atoms with Crippen LogP contribution in [0.4, 0.5) is 0 Å². The SMILES string of the molecule is COc1ccc(Cc2nnc(Cn3cc(Cl)c(C)n3)o2)cc1. The monoisotopic (exact) mass is 318 g/mol. The van der Waals surface area contributed by atoms with E-state index in [-0.39, 0.29) is 0 Å². The smallest absolute Gasteiger partial charge is 0.237 e. The van der Waals surface area contributed by atoms with Gasteiger partial charge in [0, 0.05) is 6.20 Å². The van der Waals surface area contributed by atoms with Gasteiger partial charge in [-0.15, -0.1) is 10.2 Å². The number of aryl methyl sites for hydroxylation is 1. The lowest BCUT2D eigenvalue weighted by molar-refractivity contribution is 0.414. The molecule has 0 spiro atoms. The van der Waals surface area contributed by atoms with Gasteiger partial charge in [0.15, 0.2) is 0 Å². The number of benzene rings is 1. The Morgan fingerprint density at radius 3 is 2.55 bits per heavy atom. The van der Waals surface area contributed by atoms with Crippen LogP contribution in [0.2, 0.25) is 5.02 Å². The van der Waals surface area contributed by atoms with Crippen molar-refractivity contribution < 1.29 is 9.15 Å². The van der Waals surface area contributed by atoms with Crippen LogP contribution in [-0.4, -0.2) is 27.1 Å². The van der Waals surface area contributed by atoms with Crippen molar-refractivity contribution in [2.45, 2.75) is 19.9 Å². The third kappa shape index (κ3) is 3.28. The molecular weight excluding hydrogens is 304 g/mol. The number of ether oxygens (including phenoxy) is 1. The summed E-state index contributed by atoms with van der Waals surface area (Å²) in [6.45, 7) is 2.25. The minimum absolute atomic E-state index is 0.406. The maximum absolute atomic E-state index is 5.97. The Morgan fingerprint density at radius 2 is 1.91 bits per heavy atom. The van der Waals surface area contributed by atoms with Crippen LogP contribution in [-0.2, 0) is 13.0 Å². The highest BCUT2D eigenvalue weighted by molar-refractivity contribution is 6.31. The van der Waals surface area contributed by atoms with Crippen LogP contribution in [0.25, 0.3) is 0 Å². The van der Waals surface area contributed by atoms with Gasteiger partial charge in [-0.05, 0) is 24.6 Å². The fourth-order valence-corrected chi connectivity index (χ4v) is 2.21. The summed E-state index contributed by atoms with van der Waals surface area (Å²) in [6, 6.07) is 7.75. The van der Waals surface area contributed by atoms with E-state index >= 15 is 0 Å². The molecular formula is C15H15ClN4O2. The minimum Gasteiger partial charge on any atom is -0.497 e. The van der Waals surface area contributed by atoms with Gasteiger partial charge in [0.25, 0.3) is 0 Å². The summed E-state index contributed by atoms with van der Waals surface area (Å²) < 4.78 is 12.5. The fraction of sp³-hybridized carbons (Fsp3) is 0.267. The second-order valence-corrected chi connectivity index (χ2v) is 5.28. The number of aromatic nitrogens is 4. The van der Waals surface area contributed by atoms with Crippen LogP contribution in [0.1, 0.15) is 23.0 Å². The van der Waals surface area contributed by atoms with E-state index in [0.29, 0.717) is 29.8 Å². The van der Waals surface area contributed by atoms with Crippen LogP contribution in [0.5, 0.6) is 5.75 Å². The van der Waals surface area contributed by atoms with Gasteiger partial charge in [0.05, 0.1) is 24.2 Å². The van der Waals surface area contributed by atoms with Crippen molar-refractivity contribution in [1.29, 1.82) is 0 Å². The molecule has 0 aliphatic carbocycles. The Morgan fingerprint density at radius 1 is 1.18 bits per heavy atom. The van der Waals surface area contributed by atoms with Gasteiger partial charge in [0.1, 0.15) is 12.3 Å². The first-order chi connectivity index (χ1) is 10.6. The molecule has 114 valence electrons. The first-order valence-corrected chi connectivity index (χ1v) is 7.15. The molecule has 0 atom stereocenters. The van der Waals surface area contributed by atoms with Crippen molar-refractivity contribution in [3.05, 3.63) is 58.5 Å². The fourth-order valence-electron chi connectivity index (χ4n) is 2.05. The number of rotatable bonds is 5. The second kappa shape index (κ2) is 6.19. The molecule has 0 aliphatic rings. The average molecular weight is 319 g/mol. The summed E-state index contributed by atoms with van der Waals surface area (Å²) in [5, 5.41) is 13.0. The summed E-state index contributed by atoms with van der Waals surface area (Å²) in [6.07, 6.45) is 2.32. The lowest BCUT2D eigenvalue weighted by Crippen LogP contribution is -2.00. The number of hydrogen-bond donors (Lipinski definition) is 0. The molecule has 0 N–H and O–H groups in total. The molecule has 0 saturated carbocycles. The van der Waals surface area contributed by atoms with Gasteiger partial charge < -0.3 is 9.15 Å². The van der Waals surface area contributed by atoms with E-state index in [1.807, 2.05) is 31.2 Å². The molecule has 0 unspecified atom stereocenters. The van der Waals surface area contributed by atoms with Gasteiger partial charge in [-0.3, -0.25) is 4.68 Å². The Kier molecular flexibility index (Phi) is 4.11. The maximum Gasteiger partial charge on any atom is 0.237 e. The van der Waals surface area contributed by atoms with E-state index in [1.165, 1.54) is 0 Å². The normalized spacial score (nSPS) is 10.9. The van der Waals surface area contributed by atoms with Crippen LogP contribution in [0.15, 0.2) is 34.9 Å². The van der Waals surface area contributed by atoms with E-state index in [0.717, 1.165) is 17.0 Å². The summed E-state index contributed by atoms with van der Waals surface area (Å²) in [5.74, 6) is 1.89. The van der Waals surface area contributed by atoms with Crippen molar-refractivity contribution in [2.75, 3.05) is 7.11 Å². The topological polar surface area (TPSA) is 66.0 Å². The van der Waals surface area contributed by atoms with Crippen LogP contribution in [0.3, 0.4) is 0 Å². The zero-order valence-corrected chi connectivity index (χ0v) is 13.0. The lowest BCUT2D eigenvalue weighted by Gasteiger charge is -2.00. The molecule has 2 aromatic heterocycles. The number of hydrogen-bond acceptors (Lipinski definition) is 5. The Hall–Kier alpha value is -2.34. The van der Waals surface area contributed by atoms with Gasteiger partial charge in [-0.25, -0.2) is 0 Å². The molecule has 3 aromatic rings. The summed E-state index contributed by atoms with van der Waals surface area (Å²) >= 11 is 5.97. The molecule has 0 amide bonds. The van der Waals surface area contributed by atoms with E-state index in [4.69, 9.17) is 20.8 Å². The molecule has 0 saturated heterocycles. The number of methoxy groups -OCH3 is 1. The molecule has 3 rings (SSSR count). The molecule has 1 aromatic carbocycles. The van der Waals surface area contributed by atoms with E-state index in [2.05, 4.69) is 15.3 Å². The molecule has 0 fully saturated rings. The van der Waals surface area contributed by atoms with Gasteiger partial charge in [-0.1, -0.05) is 23.7 Å². The van der Waals surface area contributed by atoms with Crippen LogP contribution < -0.4 is 4.74 Å². The molecule has 6 nitrogen and oxygen atoms in total. The van der Waals surface area contributed by atoms with E-state index in [1.54, 1.807) is 18.0 Å². The maximum atomic E-state index is 5.97. The zero-order chi connectivity index (χ0) is 15.5. The third-order valence-electron chi connectivity index (χ3n) is 3.21. The van der Waals surface area contributed by atoms with E-state index in [9.17, 15) is 0 Å². The minimum atomic E-state index is 0.406. The second-order valence-electron chi connectivity index (χ2n) is 4.87. The van der Waals surface area contributed by atoms with Crippen molar-refractivity contribution in [3.63, 3.8) is 0 Å². The van der Waals surface area contributed by atoms with Crippen LogP contribution >= 0.6 is 11.6 Å². The standard InChI is InChI=1S/C15H15ClN4O2/c1-10-13(16)8-20(19-10)9-15-18-17-14(22-15)7-11-3-5-12(21-2)6-4-11/h3-6,8H,7,9H2,1-2H3. The average Bonchev–Trinajstić information content (AvgIpc) is 3.07. The predicted octanol–water partition coefficient (Wildman–Crippen LogP) is 2.88. The summed E-state index contributed by atoms with van der Waals surface area (Å²) in [5.41, 5.74) is 1.86. The first kappa shape index (κ1) is 14.6. The highest BCUT2D eigenvalue weighted by Gasteiger charge is 2.10. The summed E-state index contributed by atoms with van der Waals surface area (Å²) in [4.78, 5) is 0. The molecule has 22 heavy (non-hydrogen) atoms. The molecule has 0 radical (unpaired) electrons. The number of nitrogens with zero attached hydrogens (tertiary/aromatic N) is 4. The highest BCUT2D eigenvalue weighted by atomic mass is 35.5. The lowest BCUT2D eigenvalue weighted by atomic mass is 10.1. The molecule has 0 aliphatic heterocycles. The van der Waals surface area contributed by atoms with Crippen molar-refractivity contribution in [2.24, 2.45) is 0 Å². The molecule has 7 heteroatoms. The Balaban J connectivity index is 1.67. The first-order valence-electron chi connectivity index (χ1n) is 6.78. The Bertz CT molecular complexity index is 745. The van der Waals surface area contributed by atoms with Crippen molar-refractivity contribution >= 4 is 11.6 Å². The van der Waals surface area contributed by atoms with Gasteiger partial charge >= 0.3 is 0 Å². The largest absolute Gasteiger partial charge is 0.497 e. The third-order valence-corrected chi connectivity index (χ3v) is 3.58. The van der Waals surface area contributed by atoms with Crippen molar-refractivity contribution in [1.82, 2.24) is 20.0 Å². The highest BCUT2D eigenvalue weighted by Crippen LogP contribution is 2.16. The predicted molar refractivity (Wildman–Crippen MR) is 81.2 cm³/mol. The Labute approximate surface area is 132 Å². The van der Waals surface area contributed by atoms with Crippen molar-refractivity contribution in [3.8, 4) is 5.75 Å². The number of halogens is 1. The molecule has 2 heterocycles. The van der Waals surface area contributed by atoms with E-state index < -0.39 is 0 Å². The van der Waals surface area contributed by atoms with Crippen LogP contribution in [0, 0.1) is 6.92 Å². The van der Waals surface area contributed by atoms with Gasteiger partial charge in [-0.2, -0.15) is 5.10 Å². The quantitative estimate of drug-likeness (QED) is 0.723. The summed E-state index contributed by atoms with van der Waals surface area (Å²) in [7, 11) is 1.64. The van der Waals surface area contributed by atoms with Gasteiger partial charge in [0.2, 0.25) is 11.8 Å². The molecule has 0 bridgehead atoms. The zero-order valence-electron chi connectivity index (χ0n) is 12.3.